The molecular formula is C19H11Cl3N4O. The molecule has 0 aliphatic heterocycles. The van der Waals surface area contributed by atoms with Crippen LogP contribution in [0.25, 0.3) is 11.8 Å². The van der Waals surface area contributed by atoms with E-state index in [-0.39, 0.29) is 21.3 Å². The fourth-order valence-corrected chi connectivity index (χ4v) is 2.88. The van der Waals surface area contributed by atoms with Gasteiger partial charge >= 0.3 is 0 Å². The van der Waals surface area contributed by atoms with Gasteiger partial charge in [0.2, 0.25) is 0 Å². The molecule has 8 heteroatoms. The lowest BCUT2D eigenvalue weighted by molar-refractivity contribution is -0.112. The minimum atomic E-state index is -0.619. The molecule has 0 fully saturated rings. The van der Waals surface area contributed by atoms with Crippen LogP contribution in [0.15, 0.2) is 60.4 Å². The second-order valence-electron chi connectivity index (χ2n) is 5.42. The van der Waals surface area contributed by atoms with E-state index < -0.39 is 5.91 Å². The lowest BCUT2D eigenvalue weighted by atomic mass is 10.2. The molecule has 1 heterocycles. The monoisotopic (exact) mass is 416 g/mol. The Labute approximate surface area is 170 Å². The predicted octanol–water partition coefficient (Wildman–Crippen LogP) is 5.38. The van der Waals surface area contributed by atoms with Gasteiger partial charge in [0.25, 0.3) is 5.91 Å². The van der Waals surface area contributed by atoms with Gasteiger partial charge in [-0.25, -0.2) is 4.68 Å². The summed E-state index contributed by atoms with van der Waals surface area (Å²) in [6, 6.07) is 13.8. The first kappa shape index (κ1) is 19.0. The topological polar surface area (TPSA) is 70.7 Å². The van der Waals surface area contributed by atoms with Crippen LogP contribution in [0.2, 0.25) is 15.1 Å². The Kier molecular flexibility index (Phi) is 5.82. The number of nitriles is 1. The summed E-state index contributed by atoms with van der Waals surface area (Å²) in [7, 11) is 0. The first-order chi connectivity index (χ1) is 13.0. The van der Waals surface area contributed by atoms with Gasteiger partial charge in [0.15, 0.2) is 0 Å². The Morgan fingerprint density at radius 3 is 2.41 bits per heavy atom. The second-order valence-corrected chi connectivity index (χ2v) is 6.67. The van der Waals surface area contributed by atoms with E-state index in [0.29, 0.717) is 10.6 Å². The minimum absolute atomic E-state index is 0.110. The molecule has 134 valence electrons. The van der Waals surface area contributed by atoms with Gasteiger partial charge in [-0.3, -0.25) is 4.79 Å². The molecule has 0 unspecified atom stereocenters. The van der Waals surface area contributed by atoms with Crippen LogP contribution in [0.4, 0.5) is 5.69 Å². The van der Waals surface area contributed by atoms with Crippen molar-refractivity contribution in [1.82, 2.24) is 9.78 Å². The summed E-state index contributed by atoms with van der Waals surface area (Å²) in [5, 5.41) is 17.3. The SMILES string of the molecule is N#CC(=Cc1cnn(-c2ccc(Cl)cc2)c1)C(=O)Nc1c(Cl)cccc1Cl. The zero-order chi connectivity index (χ0) is 19.4. The van der Waals surface area contributed by atoms with Crippen molar-refractivity contribution in [1.29, 1.82) is 5.26 Å². The van der Waals surface area contributed by atoms with E-state index >= 15 is 0 Å². The number of benzene rings is 2. The Morgan fingerprint density at radius 2 is 1.78 bits per heavy atom. The number of nitrogens with zero attached hydrogens (tertiary/aromatic N) is 3. The summed E-state index contributed by atoms with van der Waals surface area (Å²) in [5.41, 5.74) is 1.53. The van der Waals surface area contributed by atoms with E-state index in [1.54, 1.807) is 59.5 Å². The Morgan fingerprint density at radius 1 is 1.11 bits per heavy atom. The van der Waals surface area contributed by atoms with Crippen LogP contribution < -0.4 is 5.32 Å². The number of para-hydroxylation sites is 1. The molecule has 1 N–H and O–H groups in total. The molecule has 0 saturated carbocycles. The van der Waals surface area contributed by atoms with Gasteiger partial charge in [-0.15, -0.1) is 0 Å². The maximum Gasteiger partial charge on any atom is 0.266 e. The zero-order valence-corrected chi connectivity index (χ0v) is 15.9. The summed E-state index contributed by atoms with van der Waals surface area (Å²) in [4.78, 5) is 12.4. The van der Waals surface area contributed by atoms with Gasteiger partial charge in [0, 0.05) is 16.8 Å². The van der Waals surface area contributed by atoms with Gasteiger partial charge in [-0.2, -0.15) is 10.4 Å². The van der Waals surface area contributed by atoms with Crippen molar-refractivity contribution in [2.75, 3.05) is 5.32 Å². The van der Waals surface area contributed by atoms with E-state index in [0.717, 1.165) is 5.69 Å². The molecule has 0 atom stereocenters. The molecule has 0 saturated heterocycles. The number of anilines is 1. The number of amides is 1. The molecule has 3 rings (SSSR count). The highest BCUT2D eigenvalue weighted by molar-refractivity contribution is 6.40. The van der Waals surface area contributed by atoms with Gasteiger partial charge in [0.05, 0.1) is 27.6 Å². The Balaban J connectivity index is 1.83. The summed E-state index contributed by atoms with van der Waals surface area (Å²) in [5.74, 6) is -0.619. The van der Waals surface area contributed by atoms with Crippen molar-refractivity contribution in [2.24, 2.45) is 0 Å². The largest absolute Gasteiger partial charge is 0.319 e. The van der Waals surface area contributed by atoms with Gasteiger partial charge in [-0.1, -0.05) is 40.9 Å². The van der Waals surface area contributed by atoms with Crippen molar-refractivity contribution in [3.63, 3.8) is 0 Å². The number of carbonyl (C=O) groups is 1. The molecule has 3 aromatic rings. The quantitative estimate of drug-likeness (QED) is 0.458. The zero-order valence-electron chi connectivity index (χ0n) is 13.7. The first-order valence-corrected chi connectivity index (χ1v) is 8.79. The Bertz CT molecular complexity index is 1050. The normalized spacial score (nSPS) is 11.1. The van der Waals surface area contributed by atoms with Crippen LogP contribution in [0, 0.1) is 11.3 Å². The summed E-state index contributed by atoms with van der Waals surface area (Å²) < 4.78 is 1.61. The van der Waals surface area contributed by atoms with Crippen molar-refractivity contribution in [2.45, 2.75) is 0 Å². The predicted molar refractivity (Wildman–Crippen MR) is 107 cm³/mol. The standard InChI is InChI=1S/C19H11Cl3N4O/c20-14-4-6-15(7-5-14)26-11-12(10-24-26)8-13(9-23)19(27)25-18-16(21)2-1-3-17(18)22/h1-8,10-11H,(H,25,27). The highest BCUT2D eigenvalue weighted by atomic mass is 35.5. The summed E-state index contributed by atoms with van der Waals surface area (Å²) in [6.07, 6.45) is 4.66. The Hall–Kier alpha value is -2.78. The number of rotatable bonds is 4. The van der Waals surface area contributed by atoms with E-state index in [1.807, 2.05) is 6.07 Å². The van der Waals surface area contributed by atoms with Crippen molar-refractivity contribution >= 4 is 52.5 Å². The molecular weight excluding hydrogens is 407 g/mol. The maximum absolute atomic E-state index is 12.4. The number of carbonyl (C=O) groups excluding carboxylic acids is 1. The number of aromatic nitrogens is 2. The molecule has 2 aromatic carbocycles. The molecule has 1 aromatic heterocycles. The summed E-state index contributed by atoms with van der Waals surface area (Å²) in [6.45, 7) is 0. The maximum atomic E-state index is 12.4. The first-order valence-electron chi connectivity index (χ1n) is 7.65. The van der Waals surface area contributed by atoms with Crippen LogP contribution >= 0.6 is 34.8 Å². The smallest absolute Gasteiger partial charge is 0.266 e. The lowest BCUT2D eigenvalue weighted by Crippen LogP contribution is -2.14. The number of hydrogen-bond donors (Lipinski definition) is 1. The molecule has 0 aliphatic carbocycles. The minimum Gasteiger partial charge on any atom is -0.319 e. The van der Waals surface area contributed by atoms with Crippen LogP contribution in [-0.2, 0) is 4.79 Å². The fraction of sp³-hybridized carbons (Fsp3) is 0. The molecule has 0 spiro atoms. The molecule has 5 nitrogen and oxygen atoms in total. The number of nitrogens with one attached hydrogen (secondary N) is 1. The highest BCUT2D eigenvalue weighted by Crippen LogP contribution is 2.30. The number of hydrogen-bond acceptors (Lipinski definition) is 3. The molecule has 0 bridgehead atoms. The third kappa shape index (κ3) is 4.50. The fourth-order valence-electron chi connectivity index (χ4n) is 2.26. The number of halogens is 3. The van der Waals surface area contributed by atoms with Gasteiger partial charge in [0.1, 0.15) is 11.6 Å². The molecule has 1 amide bonds. The average Bonchev–Trinajstić information content (AvgIpc) is 3.12. The summed E-state index contributed by atoms with van der Waals surface area (Å²) >= 11 is 18.0. The van der Waals surface area contributed by atoms with E-state index in [2.05, 4.69) is 10.4 Å². The average molecular weight is 418 g/mol. The highest BCUT2D eigenvalue weighted by Gasteiger charge is 2.14. The molecule has 0 radical (unpaired) electrons. The van der Waals surface area contributed by atoms with Gasteiger partial charge in [-0.05, 0) is 42.5 Å². The van der Waals surface area contributed by atoms with Crippen molar-refractivity contribution in [3.8, 4) is 11.8 Å². The van der Waals surface area contributed by atoms with E-state index in [9.17, 15) is 10.1 Å². The van der Waals surface area contributed by atoms with Crippen LogP contribution in [0.5, 0.6) is 0 Å². The third-order valence-corrected chi connectivity index (χ3v) is 4.45. The van der Waals surface area contributed by atoms with E-state index in [4.69, 9.17) is 34.8 Å². The molecule has 0 aliphatic rings. The van der Waals surface area contributed by atoms with Crippen LogP contribution in [-0.4, -0.2) is 15.7 Å². The third-order valence-electron chi connectivity index (χ3n) is 3.57. The van der Waals surface area contributed by atoms with Crippen LogP contribution in [0.1, 0.15) is 5.56 Å². The molecule has 27 heavy (non-hydrogen) atoms. The van der Waals surface area contributed by atoms with Crippen LogP contribution in [0.3, 0.4) is 0 Å². The lowest BCUT2D eigenvalue weighted by Gasteiger charge is -2.08. The second kappa shape index (κ2) is 8.28. The van der Waals surface area contributed by atoms with Crippen molar-refractivity contribution in [3.05, 3.63) is 81.1 Å². The van der Waals surface area contributed by atoms with E-state index in [1.165, 1.54) is 6.08 Å². The van der Waals surface area contributed by atoms with Crippen molar-refractivity contribution < 1.29 is 4.79 Å². The van der Waals surface area contributed by atoms with Gasteiger partial charge < -0.3 is 5.32 Å².